The first-order valence-electron chi connectivity index (χ1n) is 14.4. The van der Waals surface area contributed by atoms with Gasteiger partial charge in [-0.15, -0.1) is 0 Å². The third kappa shape index (κ3) is 6.76. The zero-order valence-corrected chi connectivity index (χ0v) is 23.8. The third-order valence-corrected chi connectivity index (χ3v) is 7.31. The van der Waals surface area contributed by atoms with Crippen LogP contribution >= 0.6 is 0 Å². The minimum Gasteiger partial charge on any atom is -0.489 e. The van der Waals surface area contributed by atoms with Gasteiger partial charge in [-0.3, -0.25) is 9.97 Å². The Hall–Kier alpha value is -5.16. The van der Waals surface area contributed by atoms with Gasteiger partial charge in [-0.2, -0.15) is 0 Å². The second-order valence-corrected chi connectivity index (χ2v) is 10.4. The van der Waals surface area contributed by atoms with E-state index >= 15 is 0 Å². The first-order chi connectivity index (χ1) is 20.7. The number of hydrogen-bond donors (Lipinski definition) is 2. The molecule has 0 spiro atoms. The number of nitrogens with zero attached hydrogens (tertiary/aromatic N) is 2. The molecule has 0 saturated heterocycles. The van der Waals surface area contributed by atoms with Crippen molar-refractivity contribution in [2.75, 3.05) is 10.6 Å². The molecular weight excluding hydrogens is 516 g/mol. The van der Waals surface area contributed by atoms with Crippen LogP contribution in [0.25, 0.3) is 10.9 Å². The predicted octanol–water partition coefficient (Wildman–Crippen LogP) is 8.66. The van der Waals surface area contributed by atoms with Crippen molar-refractivity contribution in [3.05, 3.63) is 156 Å². The van der Waals surface area contributed by atoms with E-state index in [2.05, 4.69) is 88.4 Å². The van der Waals surface area contributed by atoms with Gasteiger partial charge in [0.1, 0.15) is 12.4 Å². The Morgan fingerprint density at radius 2 is 1.38 bits per heavy atom. The summed E-state index contributed by atoms with van der Waals surface area (Å²) in [5.74, 6) is 0.822. The highest BCUT2D eigenvalue weighted by Crippen LogP contribution is 2.32. The molecule has 2 heterocycles. The lowest BCUT2D eigenvalue weighted by molar-refractivity contribution is 0.306. The lowest BCUT2D eigenvalue weighted by atomic mass is 10.0. The highest BCUT2D eigenvalue weighted by atomic mass is 16.5. The summed E-state index contributed by atoms with van der Waals surface area (Å²) in [5, 5.41) is 8.34. The van der Waals surface area contributed by atoms with E-state index in [4.69, 9.17) is 9.72 Å². The quantitative estimate of drug-likeness (QED) is 0.169. The first kappa shape index (κ1) is 27.0. The number of ether oxygens (including phenoxy) is 1. The number of hydrogen-bond acceptors (Lipinski definition) is 5. The Morgan fingerprint density at radius 1 is 0.667 bits per heavy atom. The first-order valence-corrected chi connectivity index (χ1v) is 14.4. The van der Waals surface area contributed by atoms with Crippen molar-refractivity contribution in [1.29, 1.82) is 0 Å². The molecule has 208 valence electrons. The topological polar surface area (TPSA) is 59.1 Å². The van der Waals surface area contributed by atoms with Crippen LogP contribution in [0.1, 0.15) is 28.1 Å². The highest BCUT2D eigenvalue weighted by Gasteiger charge is 2.11. The molecule has 0 fully saturated rings. The Labute approximate surface area is 247 Å². The van der Waals surface area contributed by atoms with Gasteiger partial charge in [0.05, 0.1) is 17.8 Å². The molecule has 42 heavy (non-hydrogen) atoms. The van der Waals surface area contributed by atoms with Gasteiger partial charge in [-0.25, -0.2) is 0 Å². The fourth-order valence-electron chi connectivity index (χ4n) is 5.15. The second kappa shape index (κ2) is 13.0. The molecule has 0 unspecified atom stereocenters. The maximum atomic E-state index is 6.14. The molecule has 2 aromatic heterocycles. The van der Waals surface area contributed by atoms with Gasteiger partial charge in [0, 0.05) is 34.3 Å². The van der Waals surface area contributed by atoms with Gasteiger partial charge < -0.3 is 15.4 Å². The number of anilines is 3. The highest BCUT2D eigenvalue weighted by molar-refractivity contribution is 5.94. The summed E-state index contributed by atoms with van der Waals surface area (Å²) in [4.78, 5) is 9.22. The minimum absolute atomic E-state index is 0.523. The zero-order valence-electron chi connectivity index (χ0n) is 23.8. The largest absolute Gasteiger partial charge is 0.489 e. The molecule has 5 nitrogen and oxygen atoms in total. The molecule has 0 bridgehead atoms. The summed E-state index contributed by atoms with van der Waals surface area (Å²) in [6.45, 7) is 3.25. The number of rotatable bonds is 11. The van der Waals surface area contributed by atoms with Crippen LogP contribution in [-0.4, -0.2) is 9.97 Å². The van der Waals surface area contributed by atoms with E-state index in [1.54, 1.807) is 0 Å². The van der Waals surface area contributed by atoms with Crippen molar-refractivity contribution in [1.82, 2.24) is 9.97 Å². The van der Waals surface area contributed by atoms with Crippen LogP contribution in [0.15, 0.2) is 128 Å². The molecule has 0 aliphatic rings. The zero-order chi connectivity index (χ0) is 28.6. The standard InChI is InChI=1S/C37H34N4O/c1-27-23-37(33-24-32(20-21-36(33)40-27)42-26-28-11-3-2-4-12-28)41-35-17-8-6-14-30(35)19-18-29-13-5-7-16-34(29)39-25-31-15-9-10-22-38-31/h2-17,20-24,39H,18-19,25-26H2,1H3,(H,40,41). The van der Waals surface area contributed by atoms with Crippen LogP contribution in [0.4, 0.5) is 17.1 Å². The Bertz CT molecular complexity index is 1770. The van der Waals surface area contributed by atoms with Gasteiger partial charge in [-0.1, -0.05) is 72.8 Å². The number of aryl methyl sites for hydroxylation is 3. The van der Waals surface area contributed by atoms with Crippen molar-refractivity contribution < 1.29 is 4.74 Å². The summed E-state index contributed by atoms with van der Waals surface area (Å²) in [7, 11) is 0. The molecule has 0 saturated carbocycles. The lowest BCUT2D eigenvalue weighted by Gasteiger charge is -2.16. The maximum Gasteiger partial charge on any atom is 0.120 e. The van der Waals surface area contributed by atoms with Gasteiger partial charge in [0.25, 0.3) is 0 Å². The molecule has 5 heteroatoms. The Kier molecular flexibility index (Phi) is 8.37. The van der Waals surface area contributed by atoms with Crippen molar-refractivity contribution in [2.45, 2.75) is 32.9 Å². The monoisotopic (exact) mass is 550 g/mol. The van der Waals surface area contributed by atoms with Crippen molar-refractivity contribution in [2.24, 2.45) is 0 Å². The molecule has 0 atom stereocenters. The number of aromatic nitrogens is 2. The normalized spacial score (nSPS) is 10.9. The van der Waals surface area contributed by atoms with E-state index < -0.39 is 0 Å². The van der Waals surface area contributed by atoms with E-state index in [0.717, 1.165) is 63.5 Å². The summed E-state index contributed by atoms with van der Waals surface area (Å²) in [5.41, 5.74) is 9.88. The molecule has 4 aromatic carbocycles. The second-order valence-electron chi connectivity index (χ2n) is 10.4. The van der Waals surface area contributed by atoms with E-state index in [0.29, 0.717) is 13.2 Å². The van der Waals surface area contributed by atoms with Gasteiger partial charge in [-0.05, 0) is 85.0 Å². The van der Waals surface area contributed by atoms with E-state index in [1.807, 2.05) is 61.7 Å². The van der Waals surface area contributed by atoms with Crippen molar-refractivity contribution in [3.63, 3.8) is 0 Å². The van der Waals surface area contributed by atoms with E-state index in [1.165, 1.54) is 11.1 Å². The van der Waals surface area contributed by atoms with Gasteiger partial charge in [0.2, 0.25) is 0 Å². The maximum absolute atomic E-state index is 6.14. The number of nitrogens with one attached hydrogen (secondary N) is 2. The third-order valence-electron chi connectivity index (χ3n) is 7.31. The average Bonchev–Trinajstić information content (AvgIpc) is 3.04. The smallest absolute Gasteiger partial charge is 0.120 e. The van der Waals surface area contributed by atoms with E-state index in [9.17, 15) is 0 Å². The number of pyridine rings is 2. The molecule has 0 aliphatic heterocycles. The van der Waals surface area contributed by atoms with Crippen molar-refractivity contribution in [3.8, 4) is 5.75 Å². The Balaban J connectivity index is 1.20. The van der Waals surface area contributed by atoms with Crippen LogP contribution in [0, 0.1) is 6.92 Å². The van der Waals surface area contributed by atoms with Crippen LogP contribution in [-0.2, 0) is 26.0 Å². The minimum atomic E-state index is 0.523. The number of para-hydroxylation sites is 2. The average molecular weight is 551 g/mol. The van der Waals surface area contributed by atoms with Crippen LogP contribution in [0.5, 0.6) is 5.75 Å². The predicted molar refractivity (Wildman–Crippen MR) is 172 cm³/mol. The molecule has 6 rings (SSSR count). The van der Waals surface area contributed by atoms with Crippen LogP contribution in [0.2, 0.25) is 0 Å². The molecule has 0 aliphatic carbocycles. The molecule has 0 radical (unpaired) electrons. The molecule has 2 N–H and O–H groups in total. The number of benzene rings is 4. The van der Waals surface area contributed by atoms with Gasteiger partial charge in [0.15, 0.2) is 0 Å². The van der Waals surface area contributed by atoms with E-state index in [-0.39, 0.29) is 0 Å². The Morgan fingerprint density at radius 3 is 2.17 bits per heavy atom. The van der Waals surface area contributed by atoms with Crippen LogP contribution < -0.4 is 15.4 Å². The summed E-state index contributed by atoms with van der Waals surface area (Å²) < 4.78 is 6.14. The molecule has 6 aromatic rings. The van der Waals surface area contributed by atoms with Gasteiger partial charge >= 0.3 is 0 Å². The fraction of sp³-hybridized carbons (Fsp3) is 0.135. The molecular formula is C37H34N4O. The number of fused-ring (bicyclic) bond motifs is 1. The lowest BCUT2D eigenvalue weighted by Crippen LogP contribution is -2.05. The van der Waals surface area contributed by atoms with Crippen LogP contribution in [0.3, 0.4) is 0 Å². The SMILES string of the molecule is Cc1cc(Nc2ccccc2CCc2ccccc2NCc2ccccn2)c2cc(OCc3ccccc3)ccc2n1. The molecule has 0 amide bonds. The summed E-state index contributed by atoms with van der Waals surface area (Å²) in [6.07, 6.45) is 3.65. The summed E-state index contributed by atoms with van der Waals surface area (Å²) in [6, 6.07) is 41.5. The fourth-order valence-corrected chi connectivity index (χ4v) is 5.15. The van der Waals surface area contributed by atoms with Crippen molar-refractivity contribution >= 4 is 28.0 Å². The summed E-state index contributed by atoms with van der Waals surface area (Å²) >= 11 is 0.